The number of rotatable bonds is 15. The van der Waals surface area contributed by atoms with Crippen LogP contribution in [0.5, 0.6) is 0 Å². The van der Waals surface area contributed by atoms with Gasteiger partial charge in [-0.3, -0.25) is 0 Å². The first-order chi connectivity index (χ1) is 20.7. The van der Waals surface area contributed by atoms with Crippen molar-refractivity contribution in [3.8, 4) is 0 Å². The van der Waals surface area contributed by atoms with Crippen LogP contribution in [0.4, 0.5) is 0 Å². The molecule has 0 aliphatic rings. The third-order valence-electron chi connectivity index (χ3n) is 6.97. The zero-order valence-corrected chi connectivity index (χ0v) is 24.7. The third kappa shape index (κ3) is 9.55. The second-order valence-corrected chi connectivity index (χ2v) is 13.8. The van der Waals surface area contributed by atoms with Crippen molar-refractivity contribution < 1.29 is 38.5 Å². The van der Waals surface area contributed by atoms with Crippen molar-refractivity contribution in [2.45, 2.75) is 38.1 Å². The molecule has 0 heterocycles. The van der Waals surface area contributed by atoms with Crippen molar-refractivity contribution in [1.29, 1.82) is 0 Å². The number of aliphatic hydroxyl groups is 1. The molecule has 4 aromatic rings. The molecule has 0 saturated heterocycles. The Morgan fingerprint density at radius 3 is 1.65 bits per heavy atom. The van der Waals surface area contributed by atoms with Gasteiger partial charge in [-0.05, 0) is 0 Å². The summed E-state index contributed by atoms with van der Waals surface area (Å²) in [5.74, 6) is -4.02. The number of benzene rings is 4. The molecule has 0 radical (unpaired) electrons. The van der Waals surface area contributed by atoms with Crippen molar-refractivity contribution in [3.05, 3.63) is 144 Å². The first-order valence-corrected chi connectivity index (χ1v) is 16.4. The molecule has 0 spiro atoms. The number of hydrogen-bond donors (Lipinski definition) is 3. The van der Waals surface area contributed by atoms with E-state index in [4.69, 9.17) is 14.0 Å². The average Bonchev–Trinajstić information content (AvgIpc) is 3.04. The first kappa shape index (κ1) is 32.0. The zero-order chi connectivity index (χ0) is 30.6. The summed E-state index contributed by atoms with van der Waals surface area (Å²) in [7, 11) is -5.42. The monoisotopic (exact) mass is 604 g/mol. The molecule has 0 aliphatic carbocycles. The van der Waals surface area contributed by atoms with Gasteiger partial charge in [0.2, 0.25) is 0 Å². The van der Waals surface area contributed by atoms with Gasteiger partial charge in [-0.15, -0.1) is 0 Å². The second-order valence-electron chi connectivity index (χ2n) is 10.4. The molecule has 0 bridgehead atoms. The molecular formula is C34H37O8P. The Morgan fingerprint density at radius 2 is 1.12 bits per heavy atom. The van der Waals surface area contributed by atoms with E-state index < -0.39 is 37.6 Å². The Hall–Kier alpha value is -3.91. The molecule has 8 nitrogen and oxygen atoms in total. The van der Waals surface area contributed by atoms with E-state index in [1.54, 1.807) is 60.7 Å². The molecule has 43 heavy (non-hydrogen) atoms. The molecule has 0 amide bonds. The van der Waals surface area contributed by atoms with Crippen molar-refractivity contribution >= 4 is 19.2 Å². The van der Waals surface area contributed by atoms with E-state index in [1.807, 2.05) is 60.7 Å². The summed E-state index contributed by atoms with van der Waals surface area (Å²) in [4.78, 5) is 49.5. The number of esters is 2. The van der Waals surface area contributed by atoms with Gasteiger partial charge in [0, 0.05) is 0 Å². The van der Waals surface area contributed by atoms with Crippen LogP contribution in [-0.2, 0) is 43.0 Å². The van der Waals surface area contributed by atoms with Gasteiger partial charge in [-0.1, -0.05) is 0 Å². The molecule has 4 aromatic carbocycles. The van der Waals surface area contributed by atoms with Crippen LogP contribution in [0.1, 0.15) is 40.9 Å². The molecule has 0 aliphatic heterocycles. The summed E-state index contributed by atoms with van der Waals surface area (Å²) in [6.45, 7) is -0.419. The minimum absolute atomic E-state index is 0.00681. The van der Waals surface area contributed by atoms with Crippen LogP contribution in [0, 0.1) is 5.92 Å². The average molecular weight is 605 g/mol. The van der Waals surface area contributed by atoms with Gasteiger partial charge in [0.05, 0.1) is 0 Å². The number of carbonyl (C=O) groups excluding carboxylic acids is 2. The van der Waals surface area contributed by atoms with E-state index >= 15 is 0 Å². The Balaban J connectivity index is 1.51. The van der Waals surface area contributed by atoms with Crippen LogP contribution in [0.3, 0.4) is 0 Å². The molecule has 3 N–H and O–H groups in total. The summed E-state index contributed by atoms with van der Waals surface area (Å²) in [6.07, 6.45) is -0.540. The molecule has 0 saturated carbocycles. The van der Waals surface area contributed by atoms with Crippen molar-refractivity contribution in [2.24, 2.45) is 5.92 Å². The Kier molecular flexibility index (Phi) is 11.2. The zero-order valence-electron chi connectivity index (χ0n) is 23.8. The fourth-order valence-electron chi connectivity index (χ4n) is 4.52. The Morgan fingerprint density at radius 1 is 0.651 bits per heavy atom. The fourth-order valence-corrected chi connectivity index (χ4v) is 7.10. The SMILES string of the molecule is O=C(CCC(COP(O)(O)(Cc1ccccc1)C(O)c1ccccc1)C(=O)OCc1ccccc1)OCc1ccccc1. The normalized spacial score (nSPS) is 13.7. The van der Waals surface area contributed by atoms with Gasteiger partial charge in [0.25, 0.3) is 0 Å². The van der Waals surface area contributed by atoms with Gasteiger partial charge in [0.1, 0.15) is 0 Å². The quantitative estimate of drug-likeness (QED) is 0.111. The van der Waals surface area contributed by atoms with E-state index in [9.17, 15) is 24.5 Å². The van der Waals surface area contributed by atoms with Crippen LogP contribution in [0.25, 0.3) is 0 Å². The molecular weight excluding hydrogens is 567 g/mol. The summed E-state index contributed by atoms with van der Waals surface area (Å²) in [5, 5.41) is 11.3. The maximum atomic E-state index is 13.3. The summed E-state index contributed by atoms with van der Waals surface area (Å²) in [6, 6.07) is 35.2. The number of hydrogen-bond acceptors (Lipinski definition) is 8. The summed E-state index contributed by atoms with van der Waals surface area (Å²) >= 11 is 0. The summed E-state index contributed by atoms with van der Waals surface area (Å²) < 4.78 is 16.8. The van der Waals surface area contributed by atoms with E-state index in [0.29, 0.717) is 5.56 Å². The molecule has 226 valence electrons. The number of ether oxygens (including phenoxy) is 2. The van der Waals surface area contributed by atoms with E-state index in [2.05, 4.69) is 0 Å². The number of carbonyl (C=O) groups is 2. The molecule has 4 rings (SSSR count). The maximum absolute atomic E-state index is 13.3. The van der Waals surface area contributed by atoms with E-state index in [-0.39, 0.29) is 37.8 Å². The minimum atomic E-state index is -5.42. The Labute approximate surface area is 251 Å². The van der Waals surface area contributed by atoms with E-state index in [0.717, 1.165) is 11.1 Å². The number of aliphatic hydroxyl groups excluding tert-OH is 1. The van der Waals surface area contributed by atoms with Crippen LogP contribution in [0.2, 0.25) is 0 Å². The van der Waals surface area contributed by atoms with E-state index in [1.165, 1.54) is 0 Å². The molecule has 9 heteroatoms. The van der Waals surface area contributed by atoms with Crippen LogP contribution < -0.4 is 0 Å². The molecule has 2 unspecified atom stereocenters. The molecule has 0 aromatic heterocycles. The third-order valence-corrected chi connectivity index (χ3v) is 9.92. The van der Waals surface area contributed by atoms with Gasteiger partial charge >= 0.3 is 252 Å². The topological polar surface area (TPSA) is 123 Å². The second kappa shape index (κ2) is 15.0. The van der Waals surface area contributed by atoms with Crippen molar-refractivity contribution in [2.75, 3.05) is 6.61 Å². The van der Waals surface area contributed by atoms with Crippen molar-refractivity contribution in [1.82, 2.24) is 0 Å². The molecule has 2 atom stereocenters. The van der Waals surface area contributed by atoms with Crippen LogP contribution >= 0.6 is 7.28 Å². The predicted octanol–water partition coefficient (Wildman–Crippen LogP) is 6.06. The summed E-state index contributed by atoms with van der Waals surface area (Å²) in [5.41, 5.74) is 2.39. The van der Waals surface area contributed by atoms with Crippen LogP contribution in [0.15, 0.2) is 121 Å². The van der Waals surface area contributed by atoms with Crippen LogP contribution in [-0.4, -0.2) is 33.4 Å². The van der Waals surface area contributed by atoms with Crippen molar-refractivity contribution in [3.63, 3.8) is 0 Å². The van der Waals surface area contributed by atoms with Gasteiger partial charge in [-0.2, -0.15) is 0 Å². The Bertz CT molecular complexity index is 1430. The predicted molar refractivity (Wildman–Crippen MR) is 164 cm³/mol. The fraction of sp³-hybridized carbons (Fsp3) is 0.235. The molecule has 0 fully saturated rings. The first-order valence-electron chi connectivity index (χ1n) is 14.0. The van der Waals surface area contributed by atoms with Gasteiger partial charge < -0.3 is 0 Å². The van der Waals surface area contributed by atoms with Gasteiger partial charge in [0.15, 0.2) is 0 Å². The standard InChI is InChI=1S/C34H37O8P/c35-32(40-23-27-13-5-1-6-14-27)22-21-31(33(36)41-24-28-15-7-2-8-16-28)25-42-43(38,39,26-29-17-9-3-10-18-29)34(37)30-19-11-4-12-20-30/h1-20,31,34,37-39H,21-26H2. The van der Waals surface area contributed by atoms with Gasteiger partial charge in [-0.25, -0.2) is 0 Å².